The smallest absolute Gasteiger partial charge is 0.0835 e. The molecule has 1 aromatic carbocycles. The average molecular weight is 246 g/mol. The Balaban J connectivity index is 1.75. The van der Waals surface area contributed by atoms with E-state index in [-0.39, 0.29) is 0 Å². The van der Waals surface area contributed by atoms with Gasteiger partial charge in [0, 0.05) is 0 Å². The Morgan fingerprint density at radius 1 is 0.722 bits per heavy atom. The van der Waals surface area contributed by atoms with Crippen molar-refractivity contribution in [3.05, 3.63) is 35.4 Å². The topological polar surface area (TPSA) is 48.1 Å². The number of hydrogen-bond acceptors (Lipinski definition) is 4. The molecule has 4 heteroatoms. The minimum atomic E-state index is 0.308. The van der Waals surface area contributed by atoms with E-state index in [1.54, 1.807) is 0 Å². The Morgan fingerprint density at radius 3 is 1.61 bits per heavy atom. The van der Waals surface area contributed by atoms with Gasteiger partial charge < -0.3 is 0 Å². The largest absolute Gasteiger partial charge is 0.298 e. The molecular formula is C14H22N4. The summed E-state index contributed by atoms with van der Waals surface area (Å²) in [6.07, 6.45) is 3.04. The van der Waals surface area contributed by atoms with Crippen LogP contribution in [0.2, 0.25) is 0 Å². The molecule has 0 amide bonds. The minimum absolute atomic E-state index is 0.308. The summed E-state index contributed by atoms with van der Waals surface area (Å²) < 4.78 is 0. The van der Waals surface area contributed by atoms with E-state index in [9.17, 15) is 0 Å². The van der Waals surface area contributed by atoms with Gasteiger partial charge in [-0.05, 0) is 56.2 Å². The van der Waals surface area contributed by atoms with Gasteiger partial charge in [0.25, 0.3) is 0 Å². The Labute approximate surface area is 109 Å². The van der Waals surface area contributed by atoms with Gasteiger partial charge in [0.2, 0.25) is 0 Å². The van der Waals surface area contributed by atoms with Crippen LogP contribution in [0.4, 0.5) is 0 Å². The quantitative estimate of drug-likeness (QED) is 0.625. The molecule has 18 heavy (non-hydrogen) atoms. The highest BCUT2D eigenvalue weighted by Gasteiger charge is 2.17. The second-order valence-corrected chi connectivity index (χ2v) is 5.06. The van der Waals surface area contributed by atoms with Crippen LogP contribution < -0.4 is 21.3 Å². The fourth-order valence-electron chi connectivity index (χ4n) is 2.70. The van der Waals surface area contributed by atoms with Crippen LogP contribution in [0.5, 0.6) is 0 Å². The normalized spacial score (nSPS) is 23.1. The lowest BCUT2D eigenvalue weighted by molar-refractivity contribution is 0.371. The molecule has 2 fully saturated rings. The fourth-order valence-corrected chi connectivity index (χ4v) is 2.70. The summed E-state index contributed by atoms with van der Waals surface area (Å²) >= 11 is 0. The Kier molecular flexibility index (Phi) is 3.90. The first-order chi connectivity index (χ1) is 8.93. The Hall–Kier alpha value is -0.940. The van der Waals surface area contributed by atoms with Crippen LogP contribution in [0.25, 0.3) is 0 Å². The van der Waals surface area contributed by atoms with Gasteiger partial charge in [-0.25, -0.2) is 0 Å². The van der Waals surface area contributed by atoms with Gasteiger partial charge in [-0.2, -0.15) is 0 Å². The van der Waals surface area contributed by atoms with E-state index in [1.165, 1.54) is 24.0 Å². The zero-order valence-corrected chi connectivity index (χ0v) is 10.7. The second-order valence-electron chi connectivity index (χ2n) is 5.06. The van der Waals surface area contributed by atoms with Gasteiger partial charge in [0.05, 0.1) is 12.3 Å². The third-order valence-corrected chi connectivity index (χ3v) is 3.68. The summed E-state index contributed by atoms with van der Waals surface area (Å²) in [6.45, 7) is 4.40. The van der Waals surface area contributed by atoms with Crippen molar-refractivity contribution in [1.29, 1.82) is 0 Å². The zero-order chi connectivity index (χ0) is 12.2. The lowest BCUT2D eigenvalue weighted by Gasteiger charge is -2.28. The van der Waals surface area contributed by atoms with Gasteiger partial charge >= 0.3 is 0 Å². The van der Waals surface area contributed by atoms with E-state index in [0.29, 0.717) is 12.3 Å². The molecule has 2 heterocycles. The van der Waals surface area contributed by atoms with Crippen LogP contribution in [0.3, 0.4) is 0 Å². The number of hydrogen-bond donors (Lipinski definition) is 4. The summed E-state index contributed by atoms with van der Waals surface area (Å²) in [5.74, 6) is 0. The molecule has 2 aliphatic heterocycles. The first-order valence-electron chi connectivity index (χ1n) is 6.97. The molecule has 98 valence electrons. The molecule has 0 aromatic heterocycles. The first kappa shape index (κ1) is 12.1. The molecule has 0 spiro atoms. The Morgan fingerprint density at radius 2 is 1.17 bits per heavy atom. The number of benzene rings is 1. The minimum Gasteiger partial charge on any atom is -0.298 e. The lowest BCUT2D eigenvalue weighted by atomic mass is 10.0. The van der Waals surface area contributed by atoms with Crippen molar-refractivity contribution in [2.75, 3.05) is 26.2 Å². The van der Waals surface area contributed by atoms with Crippen molar-refractivity contribution >= 4 is 0 Å². The van der Waals surface area contributed by atoms with Crippen molar-refractivity contribution < 1.29 is 0 Å². The third-order valence-electron chi connectivity index (χ3n) is 3.68. The average Bonchev–Trinajstić information content (AvgIpc) is 2.49. The molecule has 4 nitrogen and oxygen atoms in total. The number of rotatable bonds is 2. The molecule has 0 radical (unpaired) electrons. The molecule has 4 N–H and O–H groups in total. The summed E-state index contributed by atoms with van der Waals surface area (Å²) in [6, 6.07) is 8.84. The predicted octanol–water partition coefficient (Wildman–Crippen LogP) is 0.850. The summed E-state index contributed by atoms with van der Waals surface area (Å²) in [7, 11) is 0. The standard InChI is InChI=1S/C14H22N4/c1-4-11(13-15-6-2-7-16-13)10-12(5-1)14-17-8-3-9-18-14/h1,4-5,10,13-18H,2-3,6-9H2. The maximum Gasteiger partial charge on any atom is 0.0835 e. The second kappa shape index (κ2) is 5.80. The van der Waals surface area contributed by atoms with E-state index < -0.39 is 0 Å². The molecule has 0 unspecified atom stereocenters. The van der Waals surface area contributed by atoms with E-state index in [2.05, 4.69) is 45.5 Å². The van der Waals surface area contributed by atoms with E-state index in [0.717, 1.165) is 26.2 Å². The highest BCUT2D eigenvalue weighted by atomic mass is 15.2. The molecule has 2 aliphatic rings. The van der Waals surface area contributed by atoms with Crippen molar-refractivity contribution in [2.45, 2.75) is 25.2 Å². The number of nitrogens with one attached hydrogen (secondary N) is 4. The lowest BCUT2D eigenvalue weighted by Crippen LogP contribution is -2.42. The van der Waals surface area contributed by atoms with Gasteiger partial charge in [-0.1, -0.05) is 18.2 Å². The maximum atomic E-state index is 3.51. The van der Waals surface area contributed by atoms with E-state index in [1.807, 2.05) is 0 Å². The molecule has 0 saturated carbocycles. The fraction of sp³-hybridized carbons (Fsp3) is 0.571. The van der Waals surface area contributed by atoms with Gasteiger partial charge in [0.1, 0.15) is 0 Å². The van der Waals surface area contributed by atoms with Crippen LogP contribution >= 0.6 is 0 Å². The van der Waals surface area contributed by atoms with Gasteiger partial charge in [0.15, 0.2) is 0 Å². The van der Waals surface area contributed by atoms with Crippen LogP contribution in [-0.4, -0.2) is 26.2 Å². The van der Waals surface area contributed by atoms with Crippen molar-refractivity contribution in [2.24, 2.45) is 0 Å². The molecular weight excluding hydrogens is 224 g/mol. The molecule has 3 rings (SSSR count). The third kappa shape index (κ3) is 2.72. The van der Waals surface area contributed by atoms with Gasteiger partial charge in [-0.15, -0.1) is 0 Å². The molecule has 0 bridgehead atoms. The van der Waals surface area contributed by atoms with Gasteiger partial charge in [-0.3, -0.25) is 21.3 Å². The highest BCUT2D eigenvalue weighted by molar-refractivity contribution is 5.28. The molecule has 2 saturated heterocycles. The van der Waals surface area contributed by atoms with Crippen molar-refractivity contribution in [1.82, 2.24) is 21.3 Å². The summed E-state index contributed by atoms with van der Waals surface area (Å²) in [5.41, 5.74) is 2.67. The van der Waals surface area contributed by atoms with Crippen molar-refractivity contribution in [3.63, 3.8) is 0 Å². The molecule has 1 aromatic rings. The monoisotopic (exact) mass is 246 g/mol. The highest BCUT2D eigenvalue weighted by Crippen LogP contribution is 2.19. The van der Waals surface area contributed by atoms with Crippen LogP contribution in [0.1, 0.15) is 36.3 Å². The maximum absolute atomic E-state index is 3.51. The van der Waals surface area contributed by atoms with Crippen LogP contribution in [0, 0.1) is 0 Å². The van der Waals surface area contributed by atoms with Crippen molar-refractivity contribution in [3.8, 4) is 0 Å². The van der Waals surface area contributed by atoms with E-state index >= 15 is 0 Å². The Bertz CT molecular complexity index is 348. The van der Waals surface area contributed by atoms with Crippen LogP contribution in [0.15, 0.2) is 24.3 Å². The molecule has 0 atom stereocenters. The molecule has 0 aliphatic carbocycles. The summed E-state index contributed by atoms with van der Waals surface area (Å²) in [5, 5.41) is 14.1. The summed E-state index contributed by atoms with van der Waals surface area (Å²) in [4.78, 5) is 0. The van der Waals surface area contributed by atoms with E-state index in [4.69, 9.17) is 0 Å². The SMILES string of the molecule is c1cc(C2NCCCN2)cc(C2NCCCN2)c1. The predicted molar refractivity (Wildman–Crippen MR) is 73.2 cm³/mol. The zero-order valence-electron chi connectivity index (χ0n) is 10.7. The first-order valence-corrected chi connectivity index (χ1v) is 6.97. The van der Waals surface area contributed by atoms with Crippen LogP contribution in [-0.2, 0) is 0 Å².